The second-order valence-electron chi connectivity index (χ2n) is 4.44. The van der Waals surface area contributed by atoms with Gasteiger partial charge < -0.3 is 5.32 Å². The number of amides is 1. The Morgan fingerprint density at radius 2 is 2.24 bits per heavy atom. The van der Waals surface area contributed by atoms with E-state index in [1.165, 1.54) is 0 Å². The summed E-state index contributed by atoms with van der Waals surface area (Å²) in [5.41, 5.74) is 0.634. The maximum absolute atomic E-state index is 12.0. The smallest absolute Gasteiger partial charge is 0.228 e. The minimum Gasteiger partial charge on any atom is -0.310 e. The van der Waals surface area contributed by atoms with Gasteiger partial charge in [0.2, 0.25) is 5.91 Å². The largest absolute Gasteiger partial charge is 0.310 e. The second-order valence-corrected chi connectivity index (χ2v) is 4.44. The van der Waals surface area contributed by atoms with Crippen molar-refractivity contribution >= 4 is 22.8 Å². The van der Waals surface area contributed by atoms with E-state index in [0.29, 0.717) is 11.5 Å². The zero-order valence-corrected chi connectivity index (χ0v) is 9.44. The lowest BCUT2D eigenvalue weighted by Crippen LogP contribution is -2.20. The number of hydrogen-bond donors (Lipinski definition) is 2. The van der Waals surface area contributed by atoms with Crippen molar-refractivity contribution in [3.63, 3.8) is 0 Å². The number of fused-ring (bicyclic) bond motifs is 1. The molecule has 1 aliphatic rings. The Kier molecular flexibility index (Phi) is 2.51. The monoisotopic (exact) mass is 230 g/mol. The maximum Gasteiger partial charge on any atom is 0.228 e. The van der Waals surface area contributed by atoms with Crippen LogP contribution in [0.3, 0.4) is 0 Å². The number of nitrogens with zero attached hydrogens (tertiary/aromatic N) is 2. The normalized spacial score (nSPS) is 16.5. The Bertz CT molecular complexity index is 542. The number of H-pyrrole nitrogens is 1. The molecule has 2 aromatic heterocycles. The summed E-state index contributed by atoms with van der Waals surface area (Å²) in [6, 6.07) is 3.74. The number of nitrogens with one attached hydrogen (secondary N) is 2. The topological polar surface area (TPSA) is 70.7 Å². The third-order valence-corrected chi connectivity index (χ3v) is 3.30. The van der Waals surface area contributed by atoms with Crippen molar-refractivity contribution in [1.29, 1.82) is 0 Å². The van der Waals surface area contributed by atoms with Gasteiger partial charge in [0.05, 0.1) is 5.39 Å². The molecule has 0 spiro atoms. The van der Waals surface area contributed by atoms with Gasteiger partial charge in [-0.3, -0.25) is 9.89 Å². The van der Waals surface area contributed by atoms with Crippen LogP contribution in [0, 0.1) is 5.92 Å². The van der Waals surface area contributed by atoms with Crippen LogP contribution in [-0.2, 0) is 4.79 Å². The lowest BCUT2D eigenvalue weighted by atomic mass is 10.1. The highest BCUT2D eigenvalue weighted by molar-refractivity contribution is 5.99. The Hall–Kier alpha value is -1.91. The lowest BCUT2D eigenvalue weighted by molar-refractivity contribution is -0.119. The third kappa shape index (κ3) is 1.88. The molecule has 1 amide bonds. The van der Waals surface area contributed by atoms with E-state index in [2.05, 4.69) is 20.5 Å². The molecule has 2 heterocycles. The molecule has 17 heavy (non-hydrogen) atoms. The first-order valence-corrected chi connectivity index (χ1v) is 5.94. The number of pyridine rings is 1. The summed E-state index contributed by atoms with van der Waals surface area (Å²) < 4.78 is 0. The van der Waals surface area contributed by atoms with E-state index in [0.717, 1.165) is 31.1 Å². The molecule has 2 aromatic rings. The zero-order valence-electron chi connectivity index (χ0n) is 9.44. The van der Waals surface area contributed by atoms with Gasteiger partial charge in [0, 0.05) is 12.1 Å². The first-order chi connectivity index (χ1) is 8.34. The Morgan fingerprint density at radius 1 is 1.41 bits per heavy atom. The minimum absolute atomic E-state index is 0.0944. The van der Waals surface area contributed by atoms with E-state index in [1.54, 1.807) is 6.20 Å². The Morgan fingerprint density at radius 3 is 3.06 bits per heavy atom. The molecular formula is C12H14N4O. The molecule has 0 unspecified atom stereocenters. The fourth-order valence-electron chi connectivity index (χ4n) is 2.36. The van der Waals surface area contributed by atoms with Gasteiger partial charge in [-0.2, -0.15) is 5.10 Å². The maximum atomic E-state index is 12.0. The first-order valence-electron chi connectivity index (χ1n) is 5.94. The van der Waals surface area contributed by atoms with Crippen LogP contribution in [0.4, 0.5) is 5.82 Å². The van der Waals surface area contributed by atoms with Crippen LogP contribution in [-0.4, -0.2) is 21.1 Å². The molecule has 1 fully saturated rings. The summed E-state index contributed by atoms with van der Waals surface area (Å²) in [4.78, 5) is 16.1. The van der Waals surface area contributed by atoms with Gasteiger partial charge in [-0.25, -0.2) is 4.98 Å². The highest BCUT2D eigenvalue weighted by Gasteiger charge is 2.23. The summed E-state index contributed by atoms with van der Waals surface area (Å²) in [5.74, 6) is 0.909. The number of hydrogen-bond acceptors (Lipinski definition) is 3. The van der Waals surface area contributed by atoms with E-state index < -0.39 is 0 Å². The molecule has 3 rings (SSSR count). The summed E-state index contributed by atoms with van der Waals surface area (Å²) in [6.45, 7) is 0. The van der Waals surface area contributed by atoms with E-state index >= 15 is 0 Å². The molecule has 5 nitrogen and oxygen atoms in total. The van der Waals surface area contributed by atoms with Crippen molar-refractivity contribution in [1.82, 2.24) is 15.2 Å². The number of anilines is 1. The van der Waals surface area contributed by atoms with E-state index in [4.69, 9.17) is 0 Å². The van der Waals surface area contributed by atoms with Gasteiger partial charge >= 0.3 is 0 Å². The van der Waals surface area contributed by atoms with Gasteiger partial charge in [0.15, 0.2) is 5.65 Å². The molecule has 2 N–H and O–H groups in total. The predicted molar refractivity (Wildman–Crippen MR) is 64.5 cm³/mol. The van der Waals surface area contributed by atoms with Gasteiger partial charge in [0.25, 0.3) is 0 Å². The summed E-state index contributed by atoms with van der Waals surface area (Å²) in [7, 11) is 0. The van der Waals surface area contributed by atoms with Crippen LogP contribution in [0.15, 0.2) is 18.3 Å². The van der Waals surface area contributed by atoms with Crippen molar-refractivity contribution in [3.8, 4) is 0 Å². The molecule has 0 aliphatic heterocycles. The van der Waals surface area contributed by atoms with Gasteiger partial charge in [-0.15, -0.1) is 0 Å². The number of aromatic amines is 1. The molecule has 0 atom stereocenters. The van der Waals surface area contributed by atoms with E-state index in [-0.39, 0.29) is 11.8 Å². The number of carbonyl (C=O) groups excluding carboxylic acids is 1. The molecule has 0 aromatic carbocycles. The minimum atomic E-state index is 0.0944. The van der Waals surface area contributed by atoms with Crippen molar-refractivity contribution in [2.24, 2.45) is 5.92 Å². The Balaban J connectivity index is 1.82. The highest BCUT2D eigenvalue weighted by atomic mass is 16.2. The van der Waals surface area contributed by atoms with Crippen LogP contribution < -0.4 is 5.32 Å². The zero-order chi connectivity index (χ0) is 11.7. The number of carbonyl (C=O) groups is 1. The molecule has 0 radical (unpaired) electrons. The van der Waals surface area contributed by atoms with E-state index in [9.17, 15) is 4.79 Å². The third-order valence-electron chi connectivity index (χ3n) is 3.30. The highest BCUT2D eigenvalue weighted by Crippen LogP contribution is 2.26. The second kappa shape index (κ2) is 4.16. The fraction of sp³-hybridized carbons (Fsp3) is 0.417. The van der Waals surface area contributed by atoms with Crippen LogP contribution in [0.5, 0.6) is 0 Å². The van der Waals surface area contributed by atoms with Crippen molar-refractivity contribution in [2.75, 3.05) is 5.32 Å². The number of aromatic nitrogens is 3. The lowest BCUT2D eigenvalue weighted by Gasteiger charge is -2.08. The molecule has 1 saturated carbocycles. The molecular weight excluding hydrogens is 216 g/mol. The molecule has 1 aliphatic carbocycles. The predicted octanol–water partition coefficient (Wildman–Crippen LogP) is 2.09. The van der Waals surface area contributed by atoms with Crippen LogP contribution in [0.25, 0.3) is 11.0 Å². The average molecular weight is 230 g/mol. The first kappa shape index (κ1) is 10.3. The SMILES string of the molecule is O=C(Nc1[nH]nc2ncccc12)C1CCCC1. The van der Waals surface area contributed by atoms with Crippen molar-refractivity contribution < 1.29 is 4.79 Å². The average Bonchev–Trinajstić information content (AvgIpc) is 2.98. The van der Waals surface area contributed by atoms with Crippen molar-refractivity contribution in [3.05, 3.63) is 18.3 Å². The molecule has 88 valence electrons. The summed E-state index contributed by atoms with van der Waals surface area (Å²) >= 11 is 0. The van der Waals surface area contributed by atoms with Crippen LogP contribution >= 0.6 is 0 Å². The standard InChI is InChI=1S/C12H14N4O/c17-12(8-4-1-2-5-8)14-11-9-6-3-7-13-10(9)15-16-11/h3,6-8H,1-2,4-5H2,(H2,13,14,15,16,17). The molecule has 5 heteroatoms. The quantitative estimate of drug-likeness (QED) is 0.829. The van der Waals surface area contributed by atoms with Crippen LogP contribution in [0.1, 0.15) is 25.7 Å². The fourth-order valence-corrected chi connectivity index (χ4v) is 2.36. The Labute approximate surface area is 98.6 Å². The summed E-state index contributed by atoms with van der Waals surface area (Å²) in [5, 5.41) is 10.6. The van der Waals surface area contributed by atoms with Crippen molar-refractivity contribution in [2.45, 2.75) is 25.7 Å². The summed E-state index contributed by atoms with van der Waals surface area (Å²) in [6.07, 6.45) is 5.99. The van der Waals surface area contributed by atoms with Gasteiger partial charge in [-0.05, 0) is 25.0 Å². The molecule has 0 saturated heterocycles. The van der Waals surface area contributed by atoms with E-state index in [1.807, 2.05) is 12.1 Å². The van der Waals surface area contributed by atoms with Crippen LogP contribution in [0.2, 0.25) is 0 Å². The van der Waals surface area contributed by atoms with Gasteiger partial charge in [-0.1, -0.05) is 12.8 Å². The molecule has 0 bridgehead atoms. The number of rotatable bonds is 2. The van der Waals surface area contributed by atoms with Gasteiger partial charge in [0.1, 0.15) is 5.82 Å².